The Kier molecular flexibility index (Phi) is 10.0. The van der Waals surface area contributed by atoms with E-state index in [-0.39, 0.29) is 36.6 Å². The Hall–Kier alpha value is -1.19. The number of phenols is 1. The van der Waals surface area contributed by atoms with Gasteiger partial charge in [-0.15, -0.1) is 24.8 Å². The summed E-state index contributed by atoms with van der Waals surface area (Å²) in [6.07, 6.45) is 1.91. The van der Waals surface area contributed by atoms with Gasteiger partial charge < -0.3 is 15.2 Å². The number of nitriles is 1. The Morgan fingerprint density at radius 1 is 1.35 bits per heavy atom. The lowest BCUT2D eigenvalue weighted by Gasteiger charge is -2.36. The summed E-state index contributed by atoms with van der Waals surface area (Å²) < 4.78 is 5.21. The van der Waals surface area contributed by atoms with Gasteiger partial charge in [0.15, 0.2) is 11.5 Å². The second kappa shape index (κ2) is 10.6. The van der Waals surface area contributed by atoms with Crippen molar-refractivity contribution in [1.82, 2.24) is 10.2 Å². The van der Waals surface area contributed by atoms with Crippen molar-refractivity contribution in [1.29, 1.82) is 5.26 Å². The van der Waals surface area contributed by atoms with Gasteiger partial charge in [0.2, 0.25) is 0 Å². The van der Waals surface area contributed by atoms with E-state index in [1.54, 1.807) is 12.1 Å². The Bertz CT molecular complexity index is 529. The molecular weight excluding hydrogens is 337 g/mol. The quantitative estimate of drug-likeness (QED) is 0.843. The van der Waals surface area contributed by atoms with E-state index < -0.39 is 0 Å². The van der Waals surface area contributed by atoms with E-state index in [2.05, 4.69) is 23.2 Å². The van der Waals surface area contributed by atoms with E-state index in [0.717, 1.165) is 39.0 Å². The second-order valence-corrected chi connectivity index (χ2v) is 5.28. The zero-order valence-electron chi connectivity index (χ0n) is 13.5. The first kappa shape index (κ1) is 21.8. The fraction of sp³-hybridized carbons (Fsp3) is 0.562. The number of ether oxygens (including phenoxy) is 1. The summed E-state index contributed by atoms with van der Waals surface area (Å²) in [4.78, 5) is 2.34. The lowest BCUT2D eigenvalue weighted by Crippen LogP contribution is -2.45. The Balaban J connectivity index is 0.00000242. The van der Waals surface area contributed by atoms with Gasteiger partial charge >= 0.3 is 0 Å². The minimum absolute atomic E-state index is 0. The molecule has 1 aliphatic heterocycles. The first-order valence-corrected chi connectivity index (χ1v) is 7.47. The van der Waals surface area contributed by atoms with Gasteiger partial charge in [0, 0.05) is 37.8 Å². The number of hydrogen-bond donors (Lipinski definition) is 2. The lowest BCUT2D eigenvalue weighted by molar-refractivity contribution is 0.161. The molecule has 130 valence electrons. The Morgan fingerprint density at radius 3 is 2.52 bits per heavy atom. The van der Waals surface area contributed by atoms with Gasteiger partial charge in [-0.1, -0.05) is 13.3 Å². The molecule has 0 aromatic heterocycles. The number of aromatic hydroxyl groups is 1. The maximum atomic E-state index is 10.5. The summed E-state index contributed by atoms with van der Waals surface area (Å²) in [5, 5.41) is 23.2. The fourth-order valence-corrected chi connectivity index (χ4v) is 2.96. The number of nitrogens with zero attached hydrogens (tertiary/aromatic N) is 2. The molecule has 1 atom stereocenters. The maximum absolute atomic E-state index is 10.5. The second-order valence-electron chi connectivity index (χ2n) is 5.28. The zero-order valence-corrected chi connectivity index (χ0v) is 15.2. The summed E-state index contributed by atoms with van der Waals surface area (Å²) in [6.45, 7) is 5.84. The van der Waals surface area contributed by atoms with Gasteiger partial charge in [0.25, 0.3) is 0 Å². The summed E-state index contributed by atoms with van der Waals surface area (Å²) in [5.41, 5.74) is 1.24. The molecule has 0 unspecified atom stereocenters. The van der Waals surface area contributed by atoms with Crippen LogP contribution in [-0.2, 0) is 0 Å². The minimum Gasteiger partial charge on any atom is -0.504 e. The van der Waals surface area contributed by atoms with Crippen molar-refractivity contribution < 1.29 is 9.84 Å². The highest BCUT2D eigenvalue weighted by atomic mass is 35.5. The van der Waals surface area contributed by atoms with Crippen LogP contribution < -0.4 is 10.1 Å². The van der Waals surface area contributed by atoms with Gasteiger partial charge in [0.1, 0.15) is 0 Å². The predicted molar refractivity (Wildman–Crippen MR) is 96.0 cm³/mol. The van der Waals surface area contributed by atoms with Crippen LogP contribution in [-0.4, -0.2) is 43.3 Å². The van der Waals surface area contributed by atoms with Crippen LogP contribution in [0, 0.1) is 11.3 Å². The lowest BCUT2D eigenvalue weighted by atomic mass is 9.94. The molecule has 1 heterocycles. The molecule has 0 aliphatic carbocycles. The third-order valence-corrected chi connectivity index (χ3v) is 4.01. The standard InChI is InChI=1S/C16H23N3O2.2ClH/c1-3-4-13(19-9-7-18-8-10-19)15-12(11-17)5-6-14(21-2)16(15)20;;/h5-6,13,18,20H,3-4,7-10H2,1-2H3;2*1H/t13-;;/m0../s1. The van der Waals surface area contributed by atoms with Crippen LogP contribution in [0.1, 0.15) is 36.9 Å². The van der Waals surface area contributed by atoms with E-state index in [0.29, 0.717) is 16.9 Å². The van der Waals surface area contributed by atoms with E-state index in [1.165, 1.54) is 7.11 Å². The van der Waals surface area contributed by atoms with E-state index >= 15 is 0 Å². The largest absolute Gasteiger partial charge is 0.504 e. The zero-order chi connectivity index (χ0) is 15.2. The molecule has 7 heteroatoms. The van der Waals surface area contributed by atoms with E-state index in [9.17, 15) is 10.4 Å². The van der Waals surface area contributed by atoms with E-state index in [1.807, 2.05) is 0 Å². The molecule has 0 saturated carbocycles. The molecule has 5 nitrogen and oxygen atoms in total. The molecule has 0 bridgehead atoms. The highest BCUT2D eigenvalue weighted by Crippen LogP contribution is 2.40. The highest BCUT2D eigenvalue weighted by Gasteiger charge is 2.27. The van der Waals surface area contributed by atoms with Gasteiger partial charge in [-0.2, -0.15) is 5.26 Å². The minimum atomic E-state index is 0. The van der Waals surface area contributed by atoms with E-state index in [4.69, 9.17) is 4.74 Å². The van der Waals surface area contributed by atoms with Crippen LogP contribution in [0.5, 0.6) is 11.5 Å². The van der Waals surface area contributed by atoms with Crippen molar-refractivity contribution in [2.24, 2.45) is 0 Å². The summed E-state index contributed by atoms with van der Waals surface area (Å²) in [6, 6.07) is 5.65. The average Bonchev–Trinajstić information content (AvgIpc) is 2.53. The number of piperazine rings is 1. The number of benzene rings is 1. The van der Waals surface area contributed by atoms with Crippen molar-refractivity contribution in [3.63, 3.8) is 0 Å². The van der Waals surface area contributed by atoms with Crippen LogP contribution >= 0.6 is 24.8 Å². The molecule has 1 fully saturated rings. The number of hydrogen-bond acceptors (Lipinski definition) is 5. The van der Waals surface area contributed by atoms with Crippen LogP contribution in [0.4, 0.5) is 0 Å². The van der Waals surface area contributed by atoms with Crippen molar-refractivity contribution in [3.8, 4) is 17.6 Å². The van der Waals surface area contributed by atoms with Gasteiger partial charge in [-0.05, 0) is 18.6 Å². The summed E-state index contributed by atoms with van der Waals surface area (Å²) >= 11 is 0. The van der Waals surface area contributed by atoms with Crippen molar-refractivity contribution in [2.45, 2.75) is 25.8 Å². The molecule has 0 radical (unpaired) electrons. The first-order valence-electron chi connectivity index (χ1n) is 7.47. The molecule has 1 aliphatic rings. The molecular formula is C16H25Cl2N3O2. The Labute approximate surface area is 150 Å². The normalized spacial score (nSPS) is 15.7. The fourth-order valence-electron chi connectivity index (χ4n) is 2.96. The van der Waals surface area contributed by atoms with Crippen LogP contribution in [0.3, 0.4) is 0 Å². The molecule has 1 aromatic rings. The van der Waals surface area contributed by atoms with Gasteiger partial charge in [-0.3, -0.25) is 4.90 Å². The molecule has 0 amide bonds. The molecule has 1 saturated heterocycles. The summed E-state index contributed by atoms with van der Waals surface area (Å²) in [5.74, 6) is 0.536. The third kappa shape index (κ3) is 4.89. The topological polar surface area (TPSA) is 68.5 Å². The van der Waals surface area contributed by atoms with Gasteiger partial charge in [0.05, 0.1) is 18.7 Å². The van der Waals surface area contributed by atoms with Gasteiger partial charge in [-0.25, -0.2) is 0 Å². The number of methoxy groups -OCH3 is 1. The van der Waals surface area contributed by atoms with Crippen LogP contribution in [0.25, 0.3) is 0 Å². The number of phenolic OH excluding ortho intramolecular Hbond substituents is 1. The SMILES string of the molecule is CCC[C@@H](c1c(C#N)ccc(OC)c1O)N1CCNCC1.Cl.Cl. The predicted octanol–water partition coefficient (Wildman–Crippen LogP) is 2.86. The monoisotopic (exact) mass is 361 g/mol. The number of nitrogens with one attached hydrogen (secondary N) is 1. The smallest absolute Gasteiger partial charge is 0.163 e. The number of rotatable bonds is 5. The third-order valence-electron chi connectivity index (χ3n) is 4.01. The highest BCUT2D eigenvalue weighted by molar-refractivity contribution is 5.85. The molecule has 2 N–H and O–H groups in total. The molecule has 23 heavy (non-hydrogen) atoms. The Morgan fingerprint density at radius 2 is 2.00 bits per heavy atom. The average molecular weight is 362 g/mol. The molecule has 0 spiro atoms. The van der Waals surface area contributed by atoms with Crippen molar-refractivity contribution in [3.05, 3.63) is 23.3 Å². The first-order chi connectivity index (χ1) is 10.2. The van der Waals surface area contributed by atoms with Crippen molar-refractivity contribution in [2.75, 3.05) is 33.3 Å². The molecule has 1 aromatic carbocycles. The molecule has 2 rings (SSSR count). The van der Waals surface area contributed by atoms with Crippen LogP contribution in [0.2, 0.25) is 0 Å². The van der Waals surface area contributed by atoms with Crippen molar-refractivity contribution >= 4 is 24.8 Å². The van der Waals surface area contributed by atoms with Crippen LogP contribution in [0.15, 0.2) is 12.1 Å². The summed E-state index contributed by atoms with van der Waals surface area (Å²) in [7, 11) is 1.53. The number of halogens is 2. The maximum Gasteiger partial charge on any atom is 0.163 e.